The zero-order valence-corrected chi connectivity index (χ0v) is 7.89. The summed E-state index contributed by atoms with van der Waals surface area (Å²) in [6.07, 6.45) is 2.66. The molecule has 2 N–H and O–H groups in total. The van der Waals surface area contributed by atoms with Crippen LogP contribution in [0.4, 0.5) is 8.78 Å². The van der Waals surface area contributed by atoms with Crippen LogP contribution in [0.2, 0.25) is 0 Å². The Balaban J connectivity index is 2.49. The van der Waals surface area contributed by atoms with Crippen molar-refractivity contribution in [2.75, 3.05) is 6.54 Å². The minimum atomic E-state index is -2.87. The molecule has 14 heavy (non-hydrogen) atoms. The summed E-state index contributed by atoms with van der Waals surface area (Å²) in [5.41, 5.74) is 7.10. The summed E-state index contributed by atoms with van der Waals surface area (Å²) in [7, 11) is 0. The van der Waals surface area contributed by atoms with Crippen LogP contribution in [0.25, 0.3) is 0 Å². The van der Waals surface area contributed by atoms with Crippen molar-refractivity contribution >= 4 is 0 Å². The molecule has 3 heteroatoms. The van der Waals surface area contributed by atoms with Gasteiger partial charge in [-0.25, -0.2) is 0 Å². The lowest BCUT2D eigenvalue weighted by Crippen LogP contribution is -2.26. The van der Waals surface area contributed by atoms with Gasteiger partial charge >= 0.3 is 0 Å². The van der Waals surface area contributed by atoms with Crippen LogP contribution < -0.4 is 5.73 Å². The highest BCUT2D eigenvalue weighted by Gasteiger charge is 2.33. The van der Waals surface area contributed by atoms with Gasteiger partial charge in [0, 0.05) is 5.56 Å². The lowest BCUT2D eigenvalue weighted by molar-refractivity contribution is 0.00513. The average molecular weight is 197 g/mol. The molecule has 1 aromatic carbocycles. The summed E-state index contributed by atoms with van der Waals surface area (Å²) in [6, 6.07) is 5.12. The predicted molar refractivity (Wildman–Crippen MR) is 51.4 cm³/mol. The fraction of sp³-hybridized carbons (Fsp3) is 0.455. The lowest BCUT2D eigenvalue weighted by Gasteiger charge is -2.17. The number of alkyl halides is 2. The standard InChI is InChI=1S/C11H13F2N/c12-11(13,7-14)10-6-2-4-8-3-1-5-9(8)10/h2,4,6H,1,3,5,7,14H2. The van der Waals surface area contributed by atoms with E-state index in [1.165, 1.54) is 6.07 Å². The molecule has 0 unspecified atom stereocenters. The van der Waals surface area contributed by atoms with Gasteiger partial charge in [-0.1, -0.05) is 18.2 Å². The molecule has 1 aromatic rings. The zero-order chi connectivity index (χ0) is 10.2. The molecule has 0 bridgehead atoms. The van der Waals surface area contributed by atoms with Gasteiger partial charge in [-0.3, -0.25) is 0 Å². The van der Waals surface area contributed by atoms with Gasteiger partial charge in [0.15, 0.2) is 0 Å². The van der Waals surface area contributed by atoms with Crippen LogP contribution in [0.15, 0.2) is 18.2 Å². The largest absolute Gasteiger partial charge is 0.325 e. The van der Waals surface area contributed by atoms with E-state index in [9.17, 15) is 8.78 Å². The molecule has 2 rings (SSSR count). The quantitative estimate of drug-likeness (QED) is 0.773. The number of halogens is 2. The number of hydrogen-bond donors (Lipinski definition) is 1. The highest BCUT2D eigenvalue weighted by molar-refractivity contribution is 5.40. The Labute approximate surface area is 81.9 Å². The predicted octanol–water partition coefficient (Wildman–Crippen LogP) is 2.23. The van der Waals surface area contributed by atoms with Gasteiger partial charge in [-0.05, 0) is 30.4 Å². The van der Waals surface area contributed by atoms with E-state index in [1.807, 2.05) is 6.07 Å². The number of rotatable bonds is 2. The van der Waals surface area contributed by atoms with Crippen molar-refractivity contribution in [2.24, 2.45) is 5.73 Å². The molecule has 0 atom stereocenters. The zero-order valence-electron chi connectivity index (χ0n) is 7.89. The first-order valence-corrected chi connectivity index (χ1v) is 4.84. The average Bonchev–Trinajstić information content (AvgIpc) is 2.64. The van der Waals surface area contributed by atoms with Crippen molar-refractivity contribution in [3.05, 3.63) is 34.9 Å². The Morgan fingerprint density at radius 2 is 2.07 bits per heavy atom. The van der Waals surface area contributed by atoms with Gasteiger partial charge in [0.1, 0.15) is 0 Å². The maximum absolute atomic E-state index is 13.4. The van der Waals surface area contributed by atoms with E-state index in [1.54, 1.807) is 6.07 Å². The monoisotopic (exact) mass is 197 g/mol. The van der Waals surface area contributed by atoms with Crippen LogP contribution in [-0.2, 0) is 18.8 Å². The van der Waals surface area contributed by atoms with Gasteiger partial charge in [-0.15, -0.1) is 0 Å². The number of nitrogens with two attached hydrogens (primary N) is 1. The number of fused-ring (bicyclic) bond motifs is 1. The molecule has 1 aliphatic carbocycles. The normalized spacial score (nSPS) is 15.6. The van der Waals surface area contributed by atoms with Crippen molar-refractivity contribution in [3.63, 3.8) is 0 Å². The fourth-order valence-corrected chi connectivity index (χ4v) is 2.07. The Hall–Kier alpha value is -0.960. The molecule has 0 aliphatic heterocycles. The first-order chi connectivity index (χ1) is 6.65. The second kappa shape index (κ2) is 3.31. The lowest BCUT2D eigenvalue weighted by atomic mass is 9.98. The second-order valence-corrected chi connectivity index (χ2v) is 3.71. The van der Waals surface area contributed by atoms with Gasteiger partial charge in [0.2, 0.25) is 0 Å². The molecular weight excluding hydrogens is 184 g/mol. The summed E-state index contributed by atoms with van der Waals surface area (Å²) < 4.78 is 26.8. The van der Waals surface area contributed by atoms with Crippen molar-refractivity contribution in [2.45, 2.75) is 25.2 Å². The second-order valence-electron chi connectivity index (χ2n) is 3.71. The van der Waals surface area contributed by atoms with E-state index in [4.69, 9.17) is 5.73 Å². The van der Waals surface area contributed by atoms with E-state index in [0.717, 1.165) is 30.4 Å². The molecule has 76 valence electrons. The summed E-state index contributed by atoms with van der Waals surface area (Å²) in [5, 5.41) is 0. The fourth-order valence-electron chi connectivity index (χ4n) is 2.07. The van der Waals surface area contributed by atoms with Crippen LogP contribution in [0.5, 0.6) is 0 Å². The molecule has 0 fully saturated rings. The van der Waals surface area contributed by atoms with Gasteiger partial charge in [0.25, 0.3) is 5.92 Å². The van der Waals surface area contributed by atoms with Crippen molar-refractivity contribution in [3.8, 4) is 0 Å². The first-order valence-electron chi connectivity index (χ1n) is 4.84. The first kappa shape index (κ1) is 9.59. The van der Waals surface area contributed by atoms with Crippen LogP contribution in [0.1, 0.15) is 23.1 Å². The summed E-state index contributed by atoms with van der Waals surface area (Å²) in [4.78, 5) is 0. The van der Waals surface area contributed by atoms with E-state index in [-0.39, 0.29) is 5.56 Å². The highest BCUT2D eigenvalue weighted by atomic mass is 19.3. The molecule has 0 saturated carbocycles. The van der Waals surface area contributed by atoms with Crippen molar-refractivity contribution < 1.29 is 8.78 Å². The molecule has 1 nitrogen and oxygen atoms in total. The highest BCUT2D eigenvalue weighted by Crippen LogP contribution is 2.35. The number of benzene rings is 1. The van der Waals surface area contributed by atoms with E-state index in [2.05, 4.69) is 0 Å². The van der Waals surface area contributed by atoms with Crippen molar-refractivity contribution in [1.82, 2.24) is 0 Å². The molecule has 0 heterocycles. The third kappa shape index (κ3) is 1.42. The van der Waals surface area contributed by atoms with Crippen LogP contribution in [0.3, 0.4) is 0 Å². The summed E-state index contributed by atoms with van der Waals surface area (Å²) in [6.45, 7) is -0.608. The number of aryl methyl sites for hydroxylation is 1. The van der Waals surface area contributed by atoms with Crippen LogP contribution >= 0.6 is 0 Å². The van der Waals surface area contributed by atoms with E-state index >= 15 is 0 Å². The van der Waals surface area contributed by atoms with Gasteiger partial charge in [0.05, 0.1) is 6.54 Å². The molecule has 0 radical (unpaired) electrons. The molecule has 0 amide bonds. The Morgan fingerprint density at radius 1 is 1.29 bits per heavy atom. The molecule has 0 saturated heterocycles. The van der Waals surface area contributed by atoms with Crippen molar-refractivity contribution in [1.29, 1.82) is 0 Å². The minimum Gasteiger partial charge on any atom is -0.325 e. The van der Waals surface area contributed by atoms with E-state index in [0.29, 0.717) is 0 Å². The third-order valence-corrected chi connectivity index (χ3v) is 2.80. The maximum Gasteiger partial charge on any atom is 0.285 e. The van der Waals surface area contributed by atoms with Gasteiger partial charge in [-0.2, -0.15) is 8.78 Å². The minimum absolute atomic E-state index is 0.134. The molecular formula is C11H13F2N. The molecule has 0 aromatic heterocycles. The smallest absolute Gasteiger partial charge is 0.285 e. The summed E-state index contributed by atoms with van der Waals surface area (Å²) >= 11 is 0. The van der Waals surface area contributed by atoms with Crippen LogP contribution in [0, 0.1) is 0 Å². The van der Waals surface area contributed by atoms with E-state index < -0.39 is 12.5 Å². The maximum atomic E-state index is 13.4. The van der Waals surface area contributed by atoms with Gasteiger partial charge < -0.3 is 5.73 Å². The van der Waals surface area contributed by atoms with Crippen LogP contribution in [-0.4, -0.2) is 6.54 Å². The Bertz CT molecular complexity index is 347. The third-order valence-electron chi connectivity index (χ3n) is 2.80. The molecule has 0 spiro atoms. The Kier molecular flexibility index (Phi) is 2.27. The topological polar surface area (TPSA) is 26.0 Å². The number of hydrogen-bond acceptors (Lipinski definition) is 1. The Morgan fingerprint density at radius 3 is 2.79 bits per heavy atom. The summed E-state index contributed by atoms with van der Waals surface area (Å²) in [5.74, 6) is -2.87. The SMILES string of the molecule is NCC(F)(F)c1cccc2c1CCC2. The molecule has 1 aliphatic rings.